The Morgan fingerprint density at radius 2 is 1.03 bits per heavy atom. The van der Waals surface area contributed by atoms with E-state index in [0.29, 0.717) is 34.1 Å². The molecule has 0 heterocycles. The van der Waals surface area contributed by atoms with Crippen LogP contribution in [-0.2, 0) is 19.7 Å². The van der Waals surface area contributed by atoms with Gasteiger partial charge in [-0.1, -0.05) is 24.4 Å². The smallest absolute Gasteiger partial charge is 0.182 e. The van der Waals surface area contributed by atoms with Crippen molar-refractivity contribution in [2.45, 2.75) is 0 Å². The molecule has 0 fully saturated rings. The Morgan fingerprint density at radius 1 is 0.676 bits per heavy atom. The average molecular weight is 591 g/mol. The summed E-state index contributed by atoms with van der Waals surface area (Å²) in [6.45, 7) is 0. The molecule has 2 aromatic carbocycles. The van der Waals surface area contributed by atoms with Gasteiger partial charge in [-0.25, -0.2) is 16.8 Å². The van der Waals surface area contributed by atoms with E-state index in [-0.39, 0.29) is 9.98 Å². The van der Waals surface area contributed by atoms with Gasteiger partial charge in [-0.05, 0) is 36.4 Å². The molecular formula is C23H30N2O8S4. The van der Waals surface area contributed by atoms with E-state index in [4.69, 9.17) is 43.4 Å². The van der Waals surface area contributed by atoms with Gasteiger partial charge in [0.2, 0.25) is 0 Å². The minimum absolute atomic E-state index is 0.153. The van der Waals surface area contributed by atoms with E-state index in [1.807, 2.05) is 0 Å². The standard InChI is InChI=1S/C23H30N2O8S4/c1-24(22(34)18-11-16(30-3)7-9-20(18)32-5)13-36(26,27)15-37(28,29)14-25(2)23(35)19-12-17(31-4)8-10-21(19)33-6/h7-12H,13-15H2,1-6H3. The van der Waals surface area contributed by atoms with E-state index >= 15 is 0 Å². The number of methoxy groups -OCH3 is 4. The molecule has 0 atom stereocenters. The van der Waals surface area contributed by atoms with Crippen molar-refractivity contribution in [3.05, 3.63) is 47.5 Å². The topological polar surface area (TPSA) is 112 Å². The summed E-state index contributed by atoms with van der Waals surface area (Å²) in [6, 6.07) is 9.87. The Kier molecular flexibility index (Phi) is 10.5. The summed E-state index contributed by atoms with van der Waals surface area (Å²) in [6.07, 6.45) is 0. The lowest BCUT2D eigenvalue weighted by molar-refractivity contribution is 0.401. The van der Waals surface area contributed by atoms with E-state index in [1.54, 1.807) is 36.4 Å². The highest BCUT2D eigenvalue weighted by Gasteiger charge is 2.28. The highest BCUT2D eigenvalue weighted by Crippen LogP contribution is 2.27. The average Bonchev–Trinajstić information content (AvgIpc) is 2.85. The molecule has 0 saturated heterocycles. The molecule has 0 bridgehead atoms. The van der Waals surface area contributed by atoms with Crippen molar-refractivity contribution in [3.63, 3.8) is 0 Å². The van der Waals surface area contributed by atoms with Crippen molar-refractivity contribution in [1.82, 2.24) is 9.80 Å². The molecule has 204 valence electrons. The second kappa shape index (κ2) is 12.7. The fourth-order valence-corrected chi connectivity index (χ4v) is 8.26. The quantitative estimate of drug-likeness (QED) is 0.338. The van der Waals surface area contributed by atoms with Gasteiger partial charge >= 0.3 is 0 Å². The van der Waals surface area contributed by atoms with E-state index in [9.17, 15) is 16.8 Å². The third-order valence-electron chi connectivity index (χ3n) is 5.11. The maximum atomic E-state index is 12.9. The Hall–Kier alpha value is -2.68. The summed E-state index contributed by atoms with van der Waals surface area (Å²) in [5.74, 6) is 0.607. The van der Waals surface area contributed by atoms with Gasteiger partial charge < -0.3 is 28.7 Å². The predicted octanol–water partition coefficient (Wildman–Crippen LogP) is 2.34. The summed E-state index contributed by atoms with van der Waals surface area (Å²) in [5.41, 5.74) is 0.879. The van der Waals surface area contributed by atoms with Crippen LogP contribution in [0.1, 0.15) is 11.1 Å². The lowest BCUT2D eigenvalue weighted by Crippen LogP contribution is -2.37. The van der Waals surface area contributed by atoms with E-state index in [0.717, 1.165) is 0 Å². The Morgan fingerprint density at radius 3 is 1.32 bits per heavy atom. The summed E-state index contributed by atoms with van der Waals surface area (Å²) in [7, 11) is 0.564. The lowest BCUT2D eigenvalue weighted by Gasteiger charge is -2.23. The molecule has 14 heteroatoms. The van der Waals surface area contributed by atoms with Crippen LogP contribution in [0, 0.1) is 0 Å². The maximum Gasteiger partial charge on any atom is 0.182 e. The first-order valence-corrected chi connectivity index (χ1v) is 15.1. The third-order valence-corrected chi connectivity index (χ3v) is 10.6. The van der Waals surface area contributed by atoms with Gasteiger partial charge in [-0.15, -0.1) is 0 Å². The molecule has 0 amide bonds. The third kappa shape index (κ3) is 8.15. The van der Waals surface area contributed by atoms with Crippen molar-refractivity contribution in [2.75, 3.05) is 59.4 Å². The molecule has 37 heavy (non-hydrogen) atoms. The first-order chi connectivity index (χ1) is 17.3. The van der Waals surface area contributed by atoms with Crippen LogP contribution in [0.3, 0.4) is 0 Å². The summed E-state index contributed by atoms with van der Waals surface area (Å²) in [4.78, 5) is 2.85. The second-order valence-electron chi connectivity index (χ2n) is 8.00. The van der Waals surface area contributed by atoms with E-state index in [2.05, 4.69) is 0 Å². The number of ether oxygens (including phenoxy) is 4. The molecular weight excluding hydrogens is 561 g/mol. The van der Waals surface area contributed by atoms with Gasteiger partial charge in [0.1, 0.15) is 44.7 Å². The molecule has 0 aliphatic heterocycles. The molecule has 0 spiro atoms. The molecule has 0 saturated carbocycles. The van der Waals surface area contributed by atoms with Gasteiger partial charge in [0.05, 0.1) is 39.6 Å². The first kappa shape index (κ1) is 30.5. The molecule has 0 aliphatic rings. The molecule has 0 aliphatic carbocycles. The van der Waals surface area contributed by atoms with Crippen molar-refractivity contribution < 1.29 is 35.8 Å². The van der Waals surface area contributed by atoms with Crippen molar-refractivity contribution >= 4 is 54.1 Å². The van der Waals surface area contributed by atoms with E-state index in [1.165, 1.54) is 52.3 Å². The number of hydrogen-bond acceptors (Lipinski definition) is 10. The maximum absolute atomic E-state index is 12.9. The first-order valence-electron chi connectivity index (χ1n) is 10.6. The summed E-state index contributed by atoms with van der Waals surface area (Å²) < 4.78 is 72.4. The van der Waals surface area contributed by atoms with Crippen molar-refractivity contribution in [3.8, 4) is 23.0 Å². The summed E-state index contributed by atoms with van der Waals surface area (Å²) in [5, 5.41) is -1.09. The number of sulfone groups is 2. The SMILES string of the molecule is COc1ccc(OC)c(C(=S)N(C)CS(=O)(=O)CS(=O)(=O)CN(C)C(=S)c2cc(OC)ccc2OC)c1. The van der Waals surface area contributed by atoms with Crippen LogP contribution in [0.2, 0.25) is 0 Å². The van der Waals surface area contributed by atoms with Crippen LogP contribution in [0.5, 0.6) is 23.0 Å². The van der Waals surface area contributed by atoms with Crippen LogP contribution in [0.4, 0.5) is 0 Å². The highest BCUT2D eigenvalue weighted by atomic mass is 32.3. The normalized spacial score (nSPS) is 11.4. The van der Waals surface area contributed by atoms with Crippen molar-refractivity contribution in [2.24, 2.45) is 0 Å². The van der Waals surface area contributed by atoms with Crippen molar-refractivity contribution in [1.29, 1.82) is 0 Å². The molecule has 10 nitrogen and oxygen atoms in total. The fourth-order valence-electron chi connectivity index (χ4n) is 3.43. The van der Waals surface area contributed by atoms with Crippen LogP contribution in [-0.4, -0.2) is 96.0 Å². The van der Waals surface area contributed by atoms with Crippen LogP contribution < -0.4 is 18.9 Å². The molecule has 0 radical (unpaired) electrons. The molecule has 0 unspecified atom stereocenters. The predicted molar refractivity (Wildman–Crippen MR) is 150 cm³/mol. The molecule has 2 rings (SSSR count). The zero-order valence-electron chi connectivity index (χ0n) is 21.4. The molecule has 0 N–H and O–H groups in total. The summed E-state index contributed by atoms with van der Waals surface area (Å²) >= 11 is 10.9. The van der Waals surface area contributed by atoms with E-state index < -0.39 is 36.5 Å². The largest absolute Gasteiger partial charge is 0.497 e. The lowest BCUT2D eigenvalue weighted by atomic mass is 10.2. The van der Waals surface area contributed by atoms with Gasteiger partial charge in [-0.2, -0.15) is 0 Å². The van der Waals surface area contributed by atoms with Gasteiger partial charge in [0, 0.05) is 14.1 Å². The number of nitrogens with zero attached hydrogens (tertiary/aromatic N) is 2. The Bertz CT molecular complexity index is 1260. The zero-order valence-corrected chi connectivity index (χ0v) is 24.6. The Balaban J connectivity index is 2.16. The van der Waals surface area contributed by atoms with Gasteiger partial charge in [0.25, 0.3) is 0 Å². The highest BCUT2D eigenvalue weighted by molar-refractivity contribution is 8.08. The number of rotatable bonds is 12. The number of hydrogen-bond donors (Lipinski definition) is 0. The van der Waals surface area contributed by atoms with Crippen LogP contribution >= 0.6 is 24.4 Å². The molecule has 2 aromatic rings. The minimum atomic E-state index is -4.12. The number of benzene rings is 2. The van der Waals surface area contributed by atoms with Crippen LogP contribution in [0.15, 0.2) is 36.4 Å². The number of thiocarbonyl (C=S) groups is 2. The second-order valence-corrected chi connectivity index (χ2v) is 13.2. The fraction of sp³-hybridized carbons (Fsp3) is 0.391. The zero-order chi connectivity index (χ0) is 28.0. The monoisotopic (exact) mass is 590 g/mol. The van der Waals surface area contributed by atoms with Gasteiger partial charge in [-0.3, -0.25) is 0 Å². The Labute approximate surface area is 228 Å². The van der Waals surface area contributed by atoms with Gasteiger partial charge in [0.15, 0.2) is 24.8 Å². The molecule has 0 aromatic heterocycles. The van der Waals surface area contributed by atoms with Crippen LogP contribution in [0.25, 0.3) is 0 Å². The minimum Gasteiger partial charge on any atom is -0.497 e.